The number of aliphatic hydroxyl groups excluding tert-OH is 2. The zero-order valence-electron chi connectivity index (χ0n) is 42.6. The predicted molar refractivity (Wildman–Crippen MR) is 249 cm³/mol. The summed E-state index contributed by atoms with van der Waals surface area (Å²) in [5, 5.41) is 66.9. The third-order valence-electron chi connectivity index (χ3n) is 15.6. The van der Waals surface area contributed by atoms with Crippen LogP contribution in [0.4, 0.5) is 0 Å². The van der Waals surface area contributed by atoms with E-state index in [-0.39, 0.29) is 44.2 Å². The van der Waals surface area contributed by atoms with E-state index in [1.807, 2.05) is 13.8 Å². The molecule has 66 heavy (non-hydrogen) atoms. The molecule has 0 radical (unpaired) electrons. The summed E-state index contributed by atoms with van der Waals surface area (Å²) in [4.78, 5) is 14.5. The van der Waals surface area contributed by atoms with E-state index in [9.17, 15) is 38.7 Å². The molecule has 3 heterocycles. The van der Waals surface area contributed by atoms with Crippen LogP contribution in [0.1, 0.15) is 140 Å². The minimum absolute atomic E-state index is 0.0316. The Balaban J connectivity index is 1.80. The molecule has 0 aromatic carbocycles. The molecule has 3 saturated heterocycles. The van der Waals surface area contributed by atoms with Crippen LogP contribution in [0.25, 0.3) is 0 Å². The highest BCUT2D eigenvalue weighted by Gasteiger charge is 2.58. The molecular weight excluding hydrogens is 877 g/mol. The highest BCUT2D eigenvalue weighted by atomic mass is 32.2. The van der Waals surface area contributed by atoms with Crippen molar-refractivity contribution >= 4 is 16.2 Å². The maximum atomic E-state index is 14.5. The van der Waals surface area contributed by atoms with Crippen molar-refractivity contribution in [2.45, 2.75) is 236 Å². The van der Waals surface area contributed by atoms with E-state index in [1.165, 1.54) is 29.7 Å². The smallest absolute Gasteiger partial charge is 0.311 e. The highest BCUT2D eigenvalue weighted by Crippen LogP contribution is 2.43. The Morgan fingerprint density at radius 3 is 2.14 bits per heavy atom. The van der Waals surface area contributed by atoms with Gasteiger partial charge in [0.15, 0.2) is 12.6 Å². The molecule has 0 amide bonds. The maximum Gasteiger partial charge on any atom is 0.311 e. The number of hydrogen-bond acceptors (Lipinski definition) is 16. The lowest BCUT2D eigenvalue weighted by Gasteiger charge is -2.53. The van der Waals surface area contributed by atoms with Crippen LogP contribution in [-0.2, 0) is 43.4 Å². The molecular formula is C47H90N4O14S. The van der Waals surface area contributed by atoms with Gasteiger partial charge in [-0.05, 0) is 106 Å². The molecule has 1 aliphatic carbocycles. The molecule has 19 heteroatoms. The third kappa shape index (κ3) is 12.7. The van der Waals surface area contributed by atoms with Crippen LogP contribution < -0.4 is 10.6 Å². The molecule has 3 aliphatic heterocycles. The van der Waals surface area contributed by atoms with Crippen LogP contribution in [0.5, 0.6) is 0 Å². The molecule has 18 atom stereocenters. The Kier molecular flexibility index (Phi) is 20.4. The van der Waals surface area contributed by atoms with Gasteiger partial charge in [0.1, 0.15) is 35.1 Å². The van der Waals surface area contributed by atoms with Gasteiger partial charge >= 0.3 is 5.97 Å². The number of carbonyl (C=O) groups is 1. The Morgan fingerprint density at radius 2 is 1.55 bits per heavy atom. The summed E-state index contributed by atoms with van der Waals surface area (Å²) < 4.78 is 69.5. The Labute approximate surface area is 396 Å². The number of carbonyl (C=O) groups excluding carboxylic acids is 1. The number of hydrogen-bond donors (Lipinski definition) is 7. The molecule has 0 unspecified atom stereocenters. The molecule has 0 aromatic rings. The molecule has 4 fully saturated rings. The first-order valence-corrected chi connectivity index (χ1v) is 26.1. The van der Waals surface area contributed by atoms with Gasteiger partial charge in [-0.1, -0.05) is 47.0 Å². The topological polar surface area (TPSA) is 238 Å². The molecule has 388 valence electrons. The molecule has 18 nitrogen and oxygen atoms in total. The minimum atomic E-state index is -4.04. The lowest BCUT2D eigenvalue weighted by atomic mass is 9.75. The van der Waals surface area contributed by atoms with E-state index in [0.29, 0.717) is 13.1 Å². The number of nitrogens with one attached hydrogen (secondary N) is 2. The van der Waals surface area contributed by atoms with Crippen molar-refractivity contribution in [3.8, 4) is 0 Å². The van der Waals surface area contributed by atoms with Gasteiger partial charge in [-0.3, -0.25) is 4.79 Å². The van der Waals surface area contributed by atoms with Crippen LogP contribution in [-0.4, -0.2) is 185 Å². The van der Waals surface area contributed by atoms with Crippen LogP contribution in [0.15, 0.2) is 0 Å². The summed E-state index contributed by atoms with van der Waals surface area (Å²) in [6.45, 7) is 20.2. The standard InChI is InChI=1S/C47H90N4O14S/c1-15-22-48-27-47(57)33(8)62-37(25-45(47,10)60-14)64-39-30(5)41(44(9,55)24-28(3)26-49-32(7)40(53)46(11,56)36(16-2)63-42(54)31(39)6)65-43-38(52)35(23-29(4)61-43)51(13)66(58,59)50(12)34-20-18-17-19-21-34/h28-41,43,48-49,52-53,55-57H,15-27H2,1-14H3/t28-,29-,30+,31-,32-,33+,35+,36-,37+,38-,39+,40-,41-,43+,44-,45-,46-,47+/m1/s1. The van der Waals surface area contributed by atoms with Crippen molar-refractivity contribution < 1.29 is 67.2 Å². The summed E-state index contributed by atoms with van der Waals surface area (Å²) in [5.41, 5.74) is -6.28. The van der Waals surface area contributed by atoms with E-state index < -0.39 is 118 Å². The van der Waals surface area contributed by atoms with Crippen molar-refractivity contribution in [2.75, 3.05) is 40.8 Å². The average Bonchev–Trinajstić information content (AvgIpc) is 3.26. The van der Waals surface area contributed by atoms with Crippen LogP contribution in [0.2, 0.25) is 0 Å². The zero-order valence-corrected chi connectivity index (χ0v) is 43.4. The second-order valence-electron chi connectivity index (χ2n) is 21.1. The molecule has 4 rings (SSSR count). The molecule has 4 aliphatic rings. The third-order valence-corrected chi connectivity index (χ3v) is 17.7. The van der Waals surface area contributed by atoms with E-state index in [4.69, 9.17) is 28.4 Å². The van der Waals surface area contributed by atoms with Gasteiger partial charge in [0.2, 0.25) is 0 Å². The van der Waals surface area contributed by atoms with E-state index in [2.05, 4.69) is 10.6 Å². The van der Waals surface area contributed by atoms with Crippen molar-refractivity contribution in [3.63, 3.8) is 0 Å². The first-order valence-electron chi connectivity index (χ1n) is 24.7. The number of cyclic esters (lactones) is 1. The maximum absolute atomic E-state index is 14.5. The largest absolute Gasteiger partial charge is 0.459 e. The highest BCUT2D eigenvalue weighted by molar-refractivity contribution is 7.86. The number of aliphatic hydroxyl groups is 5. The van der Waals surface area contributed by atoms with Crippen molar-refractivity contribution in [1.82, 2.24) is 19.2 Å². The number of likely N-dealkylation sites (N-methyl/N-ethyl adjacent to an activating group) is 1. The Bertz CT molecular complexity index is 1640. The van der Waals surface area contributed by atoms with E-state index in [0.717, 1.165) is 38.5 Å². The molecule has 0 spiro atoms. The monoisotopic (exact) mass is 967 g/mol. The lowest BCUT2D eigenvalue weighted by Crippen LogP contribution is -2.70. The van der Waals surface area contributed by atoms with Gasteiger partial charge in [-0.25, -0.2) is 0 Å². The molecule has 0 bridgehead atoms. The Hall–Kier alpha value is -1.14. The zero-order chi connectivity index (χ0) is 49.7. The summed E-state index contributed by atoms with van der Waals surface area (Å²) in [6, 6.07) is -1.77. The van der Waals surface area contributed by atoms with Gasteiger partial charge < -0.3 is 64.6 Å². The van der Waals surface area contributed by atoms with Crippen molar-refractivity contribution in [1.29, 1.82) is 0 Å². The summed E-state index contributed by atoms with van der Waals surface area (Å²) in [6.07, 6.45) is -4.54. The molecule has 0 aromatic heterocycles. The fourth-order valence-electron chi connectivity index (χ4n) is 11.1. The first-order chi connectivity index (χ1) is 30.6. The van der Waals surface area contributed by atoms with Crippen molar-refractivity contribution in [3.05, 3.63) is 0 Å². The first kappa shape index (κ1) is 57.4. The summed E-state index contributed by atoms with van der Waals surface area (Å²) >= 11 is 0. The van der Waals surface area contributed by atoms with Crippen LogP contribution >= 0.6 is 0 Å². The SMILES string of the molecule is CCCNC[C@]1(O)[C@H](C)O[C@@H](O[C@H]2[C@H](C)[C@@H](O[C@@H]3O[C@H](C)C[C@H](N(C)S(=O)(=O)N(C)C4CCCCC4)[C@H]3O)[C@](C)(O)C[C@@H](C)CN[C@H](C)[C@@H](O)[C@](C)(O)[C@@H](CC)OC(=O)[C@@H]2C)C[C@@]1(C)OC. The lowest BCUT2D eigenvalue weighted by molar-refractivity contribution is -0.336. The number of nitrogens with zero attached hydrogens (tertiary/aromatic N) is 2. The minimum Gasteiger partial charge on any atom is -0.459 e. The fourth-order valence-corrected chi connectivity index (χ4v) is 12.6. The second-order valence-corrected chi connectivity index (χ2v) is 23.1. The predicted octanol–water partition coefficient (Wildman–Crippen LogP) is 2.81. The normalized spacial score (nSPS) is 44.5. The van der Waals surface area contributed by atoms with E-state index in [1.54, 1.807) is 62.4 Å². The molecule has 1 saturated carbocycles. The van der Waals surface area contributed by atoms with Crippen LogP contribution in [0, 0.1) is 17.8 Å². The number of esters is 1. The average molecular weight is 967 g/mol. The van der Waals surface area contributed by atoms with Gasteiger partial charge in [0.25, 0.3) is 10.2 Å². The summed E-state index contributed by atoms with van der Waals surface area (Å²) in [5.74, 6) is -3.07. The number of ether oxygens (including phenoxy) is 6. The van der Waals surface area contributed by atoms with Gasteiger partial charge in [0.05, 0.1) is 42.0 Å². The number of rotatable bonds is 14. The molecule has 7 N–H and O–H groups in total. The summed E-state index contributed by atoms with van der Waals surface area (Å²) in [7, 11) is 0.525. The second kappa shape index (κ2) is 23.4. The van der Waals surface area contributed by atoms with Gasteiger partial charge in [-0.2, -0.15) is 17.0 Å². The number of methoxy groups -OCH3 is 1. The van der Waals surface area contributed by atoms with E-state index >= 15 is 0 Å². The Morgan fingerprint density at radius 1 is 0.909 bits per heavy atom. The van der Waals surface area contributed by atoms with Gasteiger partial charge in [0, 0.05) is 52.2 Å². The quantitative estimate of drug-likeness (QED) is 0.0979. The fraction of sp³-hybridized carbons (Fsp3) is 0.979. The van der Waals surface area contributed by atoms with Gasteiger partial charge in [-0.15, -0.1) is 0 Å². The van der Waals surface area contributed by atoms with Crippen LogP contribution in [0.3, 0.4) is 0 Å². The van der Waals surface area contributed by atoms with Crippen molar-refractivity contribution in [2.24, 2.45) is 17.8 Å².